The smallest absolute Gasteiger partial charge is 0.324 e. The second-order valence-corrected chi connectivity index (χ2v) is 4.84. The first kappa shape index (κ1) is 12.0. The van der Waals surface area contributed by atoms with E-state index >= 15 is 0 Å². The molecule has 0 unspecified atom stereocenters. The van der Waals surface area contributed by atoms with Crippen LogP contribution in [0.25, 0.3) is 0 Å². The zero-order valence-corrected chi connectivity index (χ0v) is 9.96. The molecule has 0 bridgehead atoms. The van der Waals surface area contributed by atoms with E-state index < -0.39 is 4.92 Å². The summed E-state index contributed by atoms with van der Waals surface area (Å²) in [5.74, 6) is -0.233. The monoisotopic (exact) mass is 255 g/mol. The van der Waals surface area contributed by atoms with Crippen LogP contribution >= 0.6 is 11.3 Å². The highest BCUT2D eigenvalue weighted by Gasteiger charge is 2.19. The number of carbonyl (C=O) groups excluding carboxylic acids is 1. The molecule has 0 spiro atoms. The van der Waals surface area contributed by atoms with Crippen LogP contribution in [0, 0.1) is 10.1 Å². The molecular formula is C10H13N3O3S. The molecule has 6 nitrogen and oxygen atoms in total. The number of nitrogens with zero attached hydrogens (tertiary/aromatic N) is 1. The molecule has 1 fully saturated rings. The van der Waals surface area contributed by atoms with E-state index in [1.165, 1.54) is 11.4 Å². The molecule has 17 heavy (non-hydrogen) atoms. The molecule has 0 saturated carbocycles. The second-order valence-electron chi connectivity index (χ2n) is 3.95. The van der Waals surface area contributed by atoms with Crippen molar-refractivity contribution in [3.05, 3.63) is 27.1 Å². The lowest BCUT2D eigenvalue weighted by atomic mass is 10.1. The molecule has 2 rings (SSSR count). The van der Waals surface area contributed by atoms with Crippen LogP contribution in [-0.2, 0) is 0 Å². The molecule has 0 aromatic carbocycles. The Morgan fingerprint density at radius 1 is 1.65 bits per heavy atom. The zero-order valence-electron chi connectivity index (χ0n) is 9.14. The summed E-state index contributed by atoms with van der Waals surface area (Å²) in [6, 6.07) is 1.44. The van der Waals surface area contributed by atoms with Crippen LogP contribution in [0.15, 0.2) is 11.4 Å². The van der Waals surface area contributed by atoms with Crippen molar-refractivity contribution >= 4 is 22.2 Å². The maximum atomic E-state index is 11.8. The molecule has 0 radical (unpaired) electrons. The lowest BCUT2D eigenvalue weighted by Gasteiger charge is -2.23. The predicted molar refractivity (Wildman–Crippen MR) is 64.3 cm³/mol. The minimum absolute atomic E-state index is 0.00285. The first-order chi connectivity index (χ1) is 8.16. The van der Waals surface area contributed by atoms with E-state index in [9.17, 15) is 14.9 Å². The maximum absolute atomic E-state index is 11.8. The van der Waals surface area contributed by atoms with Crippen LogP contribution in [0.3, 0.4) is 0 Å². The van der Waals surface area contributed by atoms with Gasteiger partial charge in [-0.05, 0) is 19.4 Å². The van der Waals surface area contributed by atoms with Gasteiger partial charge in [0.1, 0.15) is 0 Å². The van der Waals surface area contributed by atoms with Crippen molar-refractivity contribution in [3.8, 4) is 0 Å². The number of piperidine rings is 1. The normalized spacial score (nSPS) is 19.9. The molecule has 2 N–H and O–H groups in total. The summed E-state index contributed by atoms with van der Waals surface area (Å²) >= 11 is 0.972. The first-order valence-corrected chi connectivity index (χ1v) is 6.29. The van der Waals surface area contributed by atoms with Crippen LogP contribution < -0.4 is 10.6 Å². The molecule has 1 amide bonds. The SMILES string of the molecule is O=C(N[C@@H]1CCCNC1)c1csc([N+](=O)[O-])c1. The van der Waals surface area contributed by atoms with E-state index in [0.717, 1.165) is 37.3 Å². The van der Waals surface area contributed by atoms with E-state index in [2.05, 4.69) is 10.6 Å². The molecule has 7 heteroatoms. The van der Waals surface area contributed by atoms with Gasteiger partial charge in [-0.1, -0.05) is 11.3 Å². The third-order valence-electron chi connectivity index (χ3n) is 2.66. The quantitative estimate of drug-likeness (QED) is 0.626. The van der Waals surface area contributed by atoms with Gasteiger partial charge in [0.25, 0.3) is 5.91 Å². The molecule has 1 aromatic heterocycles. The Morgan fingerprint density at radius 2 is 2.47 bits per heavy atom. The largest absolute Gasteiger partial charge is 0.348 e. The van der Waals surface area contributed by atoms with Gasteiger partial charge in [-0.15, -0.1) is 0 Å². The van der Waals surface area contributed by atoms with Crippen LogP contribution in [0.2, 0.25) is 0 Å². The van der Waals surface area contributed by atoms with Gasteiger partial charge in [-0.2, -0.15) is 0 Å². The third kappa shape index (κ3) is 3.01. The fourth-order valence-corrected chi connectivity index (χ4v) is 2.49. The fraction of sp³-hybridized carbons (Fsp3) is 0.500. The number of nitro groups is 1. The summed E-state index contributed by atoms with van der Waals surface area (Å²) in [5.41, 5.74) is 0.368. The molecule has 1 aliphatic heterocycles. The number of thiophene rings is 1. The van der Waals surface area contributed by atoms with Crippen molar-refractivity contribution < 1.29 is 9.72 Å². The summed E-state index contributed by atoms with van der Waals surface area (Å²) < 4.78 is 0. The van der Waals surface area contributed by atoms with Gasteiger partial charge in [0.15, 0.2) is 0 Å². The highest BCUT2D eigenvalue weighted by molar-refractivity contribution is 7.13. The van der Waals surface area contributed by atoms with E-state index in [1.807, 2.05) is 0 Å². The summed E-state index contributed by atoms with van der Waals surface area (Å²) in [5, 5.41) is 18.1. The summed E-state index contributed by atoms with van der Waals surface area (Å²) in [6.07, 6.45) is 1.99. The predicted octanol–water partition coefficient (Wildman–Crippen LogP) is 1.14. The number of nitrogens with one attached hydrogen (secondary N) is 2. The zero-order chi connectivity index (χ0) is 12.3. The van der Waals surface area contributed by atoms with Gasteiger partial charge in [0, 0.05) is 24.0 Å². The van der Waals surface area contributed by atoms with Crippen LogP contribution in [-0.4, -0.2) is 30.0 Å². The number of amides is 1. The van der Waals surface area contributed by atoms with Gasteiger partial charge in [0.2, 0.25) is 0 Å². The molecule has 1 aromatic rings. The minimum atomic E-state index is -0.483. The Balaban J connectivity index is 1.96. The number of rotatable bonds is 3. The topological polar surface area (TPSA) is 84.3 Å². The lowest BCUT2D eigenvalue weighted by molar-refractivity contribution is -0.380. The molecule has 92 valence electrons. The summed E-state index contributed by atoms with van der Waals surface area (Å²) in [7, 11) is 0. The van der Waals surface area contributed by atoms with Crippen LogP contribution in [0.4, 0.5) is 5.00 Å². The van der Waals surface area contributed by atoms with E-state index in [4.69, 9.17) is 0 Å². The van der Waals surface area contributed by atoms with Gasteiger partial charge >= 0.3 is 5.00 Å². The second kappa shape index (κ2) is 5.24. The fourth-order valence-electron chi connectivity index (χ4n) is 1.78. The van der Waals surface area contributed by atoms with Gasteiger partial charge in [-0.25, -0.2) is 0 Å². The van der Waals surface area contributed by atoms with Crippen molar-refractivity contribution in [2.24, 2.45) is 0 Å². The maximum Gasteiger partial charge on any atom is 0.324 e. The Kier molecular flexibility index (Phi) is 3.70. The Hall–Kier alpha value is -1.47. The standard InChI is InChI=1S/C10H13N3O3S/c14-10(12-8-2-1-3-11-5-8)7-4-9(13(15)16)17-6-7/h4,6,8,11H,1-3,5H2,(H,12,14)/t8-/m1/s1. The van der Waals surface area contributed by atoms with Crippen LogP contribution in [0.5, 0.6) is 0 Å². The van der Waals surface area contributed by atoms with Crippen LogP contribution in [0.1, 0.15) is 23.2 Å². The average molecular weight is 255 g/mol. The highest BCUT2D eigenvalue weighted by atomic mass is 32.1. The minimum Gasteiger partial charge on any atom is -0.348 e. The lowest BCUT2D eigenvalue weighted by Crippen LogP contribution is -2.45. The first-order valence-electron chi connectivity index (χ1n) is 5.41. The van der Waals surface area contributed by atoms with Crippen molar-refractivity contribution in [1.82, 2.24) is 10.6 Å². The van der Waals surface area contributed by atoms with Gasteiger partial charge in [-0.3, -0.25) is 14.9 Å². The van der Waals surface area contributed by atoms with Crippen molar-refractivity contribution in [1.29, 1.82) is 0 Å². The van der Waals surface area contributed by atoms with Gasteiger partial charge < -0.3 is 10.6 Å². The Morgan fingerprint density at radius 3 is 3.06 bits per heavy atom. The van der Waals surface area contributed by atoms with E-state index in [1.54, 1.807) is 0 Å². The molecule has 2 heterocycles. The third-order valence-corrected chi connectivity index (χ3v) is 3.54. The van der Waals surface area contributed by atoms with Gasteiger partial charge in [0.05, 0.1) is 10.5 Å². The molecule has 1 aliphatic rings. The Labute approximate surface area is 102 Å². The molecule has 1 atom stereocenters. The Bertz CT molecular complexity index is 426. The molecule has 1 saturated heterocycles. The summed E-state index contributed by atoms with van der Waals surface area (Å²) in [6.45, 7) is 1.74. The number of carbonyl (C=O) groups is 1. The summed E-state index contributed by atoms with van der Waals surface area (Å²) in [4.78, 5) is 21.8. The van der Waals surface area contributed by atoms with Crippen molar-refractivity contribution in [3.63, 3.8) is 0 Å². The highest BCUT2D eigenvalue weighted by Crippen LogP contribution is 2.22. The number of hydrogen-bond donors (Lipinski definition) is 2. The van der Waals surface area contributed by atoms with E-state index in [-0.39, 0.29) is 17.0 Å². The molecular weight excluding hydrogens is 242 g/mol. The van der Waals surface area contributed by atoms with E-state index in [0.29, 0.717) is 5.56 Å². The van der Waals surface area contributed by atoms with Crippen molar-refractivity contribution in [2.45, 2.75) is 18.9 Å². The molecule has 0 aliphatic carbocycles. The number of hydrogen-bond acceptors (Lipinski definition) is 5. The van der Waals surface area contributed by atoms with Crippen molar-refractivity contribution in [2.75, 3.05) is 13.1 Å². The average Bonchev–Trinajstić information content (AvgIpc) is 2.79.